The molecule has 0 N–H and O–H groups in total. The zero-order valence-corrected chi connectivity index (χ0v) is 35.9. The number of hydrogen-bond acceptors (Lipinski definition) is 3. The Balaban J connectivity index is 0.893. The minimum absolute atomic E-state index is 0.0933. The molecule has 8 aromatic carbocycles. The number of benzene rings is 8. The van der Waals surface area contributed by atoms with E-state index < -0.39 is 0 Å². The van der Waals surface area contributed by atoms with E-state index in [9.17, 15) is 0 Å². The standard InChI is InChI=1S/C61H46N2O/c1-64-44-26-27-51-55(35-44)61(43-25-24-40-30-36(31-43)32-54(40)61)53-19-7-17-45(58(51)53)38-22-20-37(21-23-38)39-10-6-11-41(33-39)56-46-13-2-4-15-48(46)57(49-16-5-3-14-47(49)56)52-34-42-12-8-28-62-59(42)60-50(52)18-9-29-63-60/h2-23,26-29,33-36,40,43,54H,24-25,30-32H2,1H3. The molecule has 3 fully saturated rings. The van der Waals surface area contributed by atoms with Crippen molar-refractivity contribution >= 4 is 43.4 Å². The highest BCUT2D eigenvalue weighted by Gasteiger charge is 2.63. The van der Waals surface area contributed by atoms with Gasteiger partial charge in [0.25, 0.3) is 0 Å². The van der Waals surface area contributed by atoms with E-state index in [1.54, 1.807) is 5.56 Å². The molecule has 3 heteroatoms. The van der Waals surface area contributed by atoms with Crippen LogP contribution in [-0.2, 0) is 5.41 Å². The van der Waals surface area contributed by atoms with Gasteiger partial charge in [0.2, 0.25) is 0 Å². The first kappa shape index (κ1) is 36.4. The smallest absolute Gasteiger partial charge is 0.119 e. The summed E-state index contributed by atoms with van der Waals surface area (Å²) in [6.45, 7) is 0. The second-order valence-electron chi connectivity index (χ2n) is 19.1. The van der Waals surface area contributed by atoms with Gasteiger partial charge in [0.05, 0.1) is 18.1 Å². The van der Waals surface area contributed by atoms with E-state index in [4.69, 9.17) is 14.7 Å². The lowest BCUT2D eigenvalue weighted by Crippen LogP contribution is -2.48. The van der Waals surface area contributed by atoms with Crippen molar-refractivity contribution in [3.8, 4) is 61.4 Å². The molecule has 3 bridgehead atoms. The Labute approximate surface area is 373 Å². The van der Waals surface area contributed by atoms with Crippen molar-refractivity contribution in [3.05, 3.63) is 187 Å². The average Bonchev–Trinajstić information content (AvgIpc) is 3.77. The Morgan fingerprint density at radius 3 is 1.97 bits per heavy atom. The van der Waals surface area contributed by atoms with Crippen LogP contribution in [-0.4, -0.2) is 17.1 Å². The summed E-state index contributed by atoms with van der Waals surface area (Å²) >= 11 is 0. The van der Waals surface area contributed by atoms with Crippen LogP contribution >= 0.6 is 0 Å². The zero-order chi connectivity index (χ0) is 42.1. The highest BCUT2D eigenvalue weighted by molar-refractivity contribution is 6.25. The molecule has 4 aliphatic carbocycles. The van der Waals surface area contributed by atoms with E-state index >= 15 is 0 Å². The van der Waals surface area contributed by atoms with Crippen LogP contribution in [0.5, 0.6) is 5.75 Å². The van der Waals surface area contributed by atoms with Gasteiger partial charge in [-0.3, -0.25) is 9.97 Å². The Bertz CT molecular complexity index is 3510. The van der Waals surface area contributed by atoms with Crippen LogP contribution < -0.4 is 4.74 Å². The molecule has 3 saturated carbocycles. The van der Waals surface area contributed by atoms with Crippen molar-refractivity contribution in [1.29, 1.82) is 0 Å². The summed E-state index contributed by atoms with van der Waals surface area (Å²) in [5, 5.41) is 7.13. The van der Waals surface area contributed by atoms with Crippen LogP contribution in [0, 0.1) is 23.7 Å². The fourth-order valence-electron chi connectivity index (χ4n) is 14.0. The molecule has 0 aliphatic heterocycles. The van der Waals surface area contributed by atoms with E-state index in [1.807, 2.05) is 31.6 Å². The van der Waals surface area contributed by atoms with Crippen molar-refractivity contribution in [2.75, 3.05) is 7.11 Å². The molecule has 306 valence electrons. The molecule has 5 atom stereocenters. The SMILES string of the molecule is COc1ccc2c(c1)C1(c3cccc(-c4ccc(-c5cccc(-c6c7ccccc7c(-c7cc8cccnc8c8ncccc78)c7ccccc67)c5)cc4)c3-2)C2CCC3CC(C2)CC31. The van der Waals surface area contributed by atoms with Gasteiger partial charge in [-0.25, -0.2) is 0 Å². The van der Waals surface area contributed by atoms with Crippen LogP contribution in [0.4, 0.5) is 0 Å². The van der Waals surface area contributed by atoms with E-state index in [1.165, 1.54) is 115 Å². The quantitative estimate of drug-likeness (QED) is 0.128. The summed E-state index contributed by atoms with van der Waals surface area (Å²) in [5.74, 6) is 4.15. The maximum Gasteiger partial charge on any atom is 0.119 e. The number of hydrogen-bond donors (Lipinski definition) is 0. The second-order valence-corrected chi connectivity index (χ2v) is 19.1. The van der Waals surface area contributed by atoms with Crippen molar-refractivity contribution in [2.24, 2.45) is 23.7 Å². The zero-order valence-electron chi connectivity index (χ0n) is 35.9. The van der Waals surface area contributed by atoms with Gasteiger partial charge in [-0.2, -0.15) is 0 Å². The molecule has 5 unspecified atom stereocenters. The highest BCUT2D eigenvalue weighted by atomic mass is 16.5. The molecule has 3 nitrogen and oxygen atoms in total. The van der Waals surface area contributed by atoms with E-state index in [0.29, 0.717) is 5.92 Å². The fraction of sp³-hybridized carbons (Fsp3) is 0.180. The number of pyridine rings is 2. The Morgan fingerprint density at radius 2 is 1.17 bits per heavy atom. The fourth-order valence-corrected chi connectivity index (χ4v) is 14.0. The average molecular weight is 823 g/mol. The molecule has 14 rings (SSSR count). The summed E-state index contributed by atoms with van der Waals surface area (Å²) in [4.78, 5) is 9.64. The summed E-state index contributed by atoms with van der Waals surface area (Å²) in [6.07, 6.45) is 10.7. The molecular weight excluding hydrogens is 777 g/mol. The normalized spacial score (nSPS) is 21.6. The monoisotopic (exact) mass is 822 g/mol. The molecule has 2 aromatic heterocycles. The minimum atomic E-state index is 0.0933. The first-order valence-corrected chi connectivity index (χ1v) is 23.3. The number of aromatic nitrogens is 2. The van der Waals surface area contributed by atoms with Crippen LogP contribution in [0.2, 0.25) is 0 Å². The van der Waals surface area contributed by atoms with E-state index in [-0.39, 0.29) is 5.41 Å². The maximum atomic E-state index is 5.93. The van der Waals surface area contributed by atoms with Crippen molar-refractivity contribution in [1.82, 2.24) is 9.97 Å². The number of methoxy groups -OCH3 is 1. The van der Waals surface area contributed by atoms with Crippen molar-refractivity contribution < 1.29 is 4.74 Å². The third-order valence-electron chi connectivity index (χ3n) is 16.3. The molecule has 0 amide bonds. The van der Waals surface area contributed by atoms with Gasteiger partial charge in [0, 0.05) is 28.6 Å². The summed E-state index contributed by atoms with van der Waals surface area (Å²) in [5.41, 5.74) is 17.9. The minimum Gasteiger partial charge on any atom is -0.497 e. The summed E-state index contributed by atoms with van der Waals surface area (Å²) in [7, 11) is 1.82. The van der Waals surface area contributed by atoms with Gasteiger partial charge in [-0.05, 0) is 180 Å². The third-order valence-corrected chi connectivity index (χ3v) is 16.3. The van der Waals surface area contributed by atoms with Gasteiger partial charge < -0.3 is 4.74 Å². The molecule has 4 aliphatic rings. The van der Waals surface area contributed by atoms with Crippen LogP contribution in [0.3, 0.4) is 0 Å². The van der Waals surface area contributed by atoms with Gasteiger partial charge in [-0.1, -0.05) is 127 Å². The van der Waals surface area contributed by atoms with Crippen molar-refractivity contribution in [3.63, 3.8) is 0 Å². The molecule has 0 saturated heterocycles. The first-order chi connectivity index (χ1) is 31.7. The molecule has 0 radical (unpaired) electrons. The predicted octanol–water partition coefficient (Wildman–Crippen LogP) is 15.5. The lowest BCUT2D eigenvalue weighted by Gasteiger charge is -2.52. The van der Waals surface area contributed by atoms with Crippen LogP contribution in [0.25, 0.3) is 99.0 Å². The number of nitrogens with zero attached hydrogens (tertiary/aromatic N) is 2. The van der Waals surface area contributed by atoms with Gasteiger partial charge >= 0.3 is 0 Å². The van der Waals surface area contributed by atoms with E-state index in [0.717, 1.165) is 45.3 Å². The van der Waals surface area contributed by atoms with E-state index in [2.05, 4.69) is 152 Å². The Hall–Kier alpha value is -7.10. The first-order valence-electron chi connectivity index (χ1n) is 23.3. The third kappa shape index (κ3) is 4.98. The second kappa shape index (κ2) is 13.7. The number of rotatable bonds is 5. The molecule has 2 heterocycles. The lowest BCUT2D eigenvalue weighted by atomic mass is 9.50. The summed E-state index contributed by atoms with van der Waals surface area (Å²) < 4.78 is 5.93. The Morgan fingerprint density at radius 1 is 0.469 bits per heavy atom. The van der Waals surface area contributed by atoms with Gasteiger partial charge in [0.15, 0.2) is 0 Å². The summed E-state index contributed by atoms with van der Waals surface area (Å²) in [6, 6.07) is 61.4. The van der Waals surface area contributed by atoms with Crippen LogP contribution in [0.1, 0.15) is 43.2 Å². The Kier molecular flexibility index (Phi) is 7.79. The van der Waals surface area contributed by atoms with Gasteiger partial charge in [-0.15, -0.1) is 0 Å². The number of fused-ring (bicyclic) bond motifs is 9. The molecule has 10 aromatic rings. The van der Waals surface area contributed by atoms with Crippen molar-refractivity contribution in [2.45, 2.75) is 37.5 Å². The van der Waals surface area contributed by atoms with Gasteiger partial charge in [0.1, 0.15) is 5.75 Å². The number of ether oxygens (including phenoxy) is 1. The maximum absolute atomic E-state index is 5.93. The molecule has 1 spiro atoms. The largest absolute Gasteiger partial charge is 0.497 e. The lowest BCUT2D eigenvalue weighted by molar-refractivity contribution is 0.0766. The highest BCUT2D eigenvalue weighted by Crippen LogP contribution is 2.71. The topological polar surface area (TPSA) is 35.0 Å². The van der Waals surface area contributed by atoms with Crippen LogP contribution in [0.15, 0.2) is 176 Å². The predicted molar refractivity (Wildman–Crippen MR) is 264 cm³/mol. The molecule has 64 heavy (non-hydrogen) atoms. The molecular formula is C61H46N2O.